The van der Waals surface area contributed by atoms with Crippen molar-refractivity contribution in [1.29, 1.82) is 0 Å². The molecule has 1 aromatic heterocycles. The van der Waals surface area contributed by atoms with Crippen LogP contribution in [0.3, 0.4) is 0 Å². The smallest absolute Gasteiger partial charge is 0.160 e. The first kappa shape index (κ1) is 34.4. The quantitative estimate of drug-likeness (QED) is 0.167. The molecule has 2 heterocycles. The van der Waals surface area contributed by atoms with Crippen LogP contribution in [-0.4, -0.2) is 11.5 Å². The van der Waals surface area contributed by atoms with Gasteiger partial charge in [-0.15, -0.1) is 0 Å². The lowest BCUT2D eigenvalue weighted by atomic mass is 9.67. The van der Waals surface area contributed by atoms with Gasteiger partial charge in [-0.1, -0.05) is 158 Å². The Kier molecular flexibility index (Phi) is 8.29. The van der Waals surface area contributed by atoms with Gasteiger partial charge >= 0.3 is 0 Å². The van der Waals surface area contributed by atoms with Crippen LogP contribution < -0.4 is 10.6 Å². The van der Waals surface area contributed by atoms with Crippen molar-refractivity contribution >= 4 is 34.7 Å². The molecular weight excluding hydrogens is 705 g/mol. The standard InChI is InChI=1S/C55H42N2O/c1-36-32-50(38-20-8-3-9-21-38)56-54(57-53(36)39-30-31-52-46(33-39)43-27-15-17-29-51(43)58-52)47-34-45-42-26-14-16-28-48(42)55(40-22-10-4-11-23-40,41-24-12-5-13-25-41)49(45)35-44(47)37-18-6-2-7-19-37/h2-8,10-20,22-29,31,33-35,39H,9,21,30,32H2,1H3. The van der Waals surface area contributed by atoms with E-state index in [0.29, 0.717) is 0 Å². The molecule has 4 aliphatic rings. The molecule has 11 rings (SSSR count). The largest absolute Gasteiger partial charge is 0.456 e. The number of fused-ring (bicyclic) bond motifs is 6. The van der Waals surface area contributed by atoms with Crippen LogP contribution in [0.4, 0.5) is 0 Å². The summed E-state index contributed by atoms with van der Waals surface area (Å²) in [6, 6.07) is 55.1. The van der Waals surface area contributed by atoms with Crippen LogP contribution in [0, 0.1) is 5.92 Å². The maximum absolute atomic E-state index is 6.31. The van der Waals surface area contributed by atoms with Crippen molar-refractivity contribution < 1.29 is 4.42 Å². The Labute approximate surface area is 339 Å². The maximum Gasteiger partial charge on any atom is 0.160 e. The Morgan fingerprint density at radius 1 is 0.655 bits per heavy atom. The number of allylic oxidation sites excluding steroid dienone is 6. The summed E-state index contributed by atoms with van der Waals surface area (Å²) in [5, 5.41) is 2.31. The van der Waals surface area contributed by atoms with Gasteiger partial charge in [-0.3, -0.25) is 0 Å². The summed E-state index contributed by atoms with van der Waals surface area (Å²) in [6.45, 7) is 2.26. The van der Waals surface area contributed by atoms with Crippen molar-refractivity contribution in [3.63, 3.8) is 0 Å². The monoisotopic (exact) mass is 746 g/mol. The first-order valence-electron chi connectivity index (χ1n) is 20.5. The van der Waals surface area contributed by atoms with Gasteiger partial charge in [-0.25, -0.2) is 9.98 Å². The number of hydrogen-bond donors (Lipinski definition) is 0. The Morgan fingerprint density at radius 3 is 2.12 bits per heavy atom. The third-order valence-electron chi connectivity index (χ3n) is 12.6. The predicted molar refractivity (Wildman–Crippen MR) is 239 cm³/mol. The average molecular weight is 747 g/mol. The van der Waals surface area contributed by atoms with Crippen LogP contribution in [0.25, 0.3) is 45.4 Å². The van der Waals surface area contributed by atoms with Crippen molar-refractivity contribution in [2.45, 2.75) is 38.0 Å². The molecule has 0 fully saturated rings. The SMILES string of the molecule is CC1=C(C2C=c3c(oc4ccccc34)=CC2)N=C(c2cc3c(cc2-c2ccccc2)C(c2ccccc2)(c2ccccc2)c2ccccc2-3)N=C(C2=CC=CCC2)C1. The van der Waals surface area contributed by atoms with Crippen LogP contribution in [0.15, 0.2) is 201 Å². The highest BCUT2D eigenvalue weighted by Gasteiger charge is 2.46. The van der Waals surface area contributed by atoms with E-state index in [9.17, 15) is 0 Å². The van der Waals surface area contributed by atoms with Crippen LogP contribution in [0.5, 0.6) is 0 Å². The zero-order valence-corrected chi connectivity index (χ0v) is 32.5. The fourth-order valence-corrected chi connectivity index (χ4v) is 9.92. The van der Waals surface area contributed by atoms with Gasteiger partial charge < -0.3 is 4.42 Å². The van der Waals surface area contributed by atoms with E-state index >= 15 is 0 Å². The summed E-state index contributed by atoms with van der Waals surface area (Å²) in [4.78, 5) is 11.4. The van der Waals surface area contributed by atoms with Crippen LogP contribution in [-0.2, 0) is 5.41 Å². The van der Waals surface area contributed by atoms with Gasteiger partial charge in [-0.05, 0) is 106 Å². The Hall–Kier alpha value is -6.84. The zero-order valence-electron chi connectivity index (χ0n) is 32.5. The second kappa shape index (κ2) is 14.0. The van der Waals surface area contributed by atoms with Crippen molar-refractivity contribution in [2.75, 3.05) is 0 Å². The molecule has 0 bridgehead atoms. The summed E-state index contributed by atoms with van der Waals surface area (Å²) >= 11 is 0. The van der Waals surface area contributed by atoms with E-state index in [4.69, 9.17) is 14.4 Å². The van der Waals surface area contributed by atoms with Crippen molar-refractivity contribution in [1.82, 2.24) is 0 Å². The number of nitrogens with zero attached hydrogens (tertiary/aromatic N) is 2. The van der Waals surface area contributed by atoms with Crippen LogP contribution in [0.1, 0.15) is 60.4 Å². The van der Waals surface area contributed by atoms with Crippen LogP contribution in [0.2, 0.25) is 0 Å². The Bertz CT molecular complexity index is 3010. The molecular formula is C55H42N2O. The van der Waals surface area contributed by atoms with Crippen molar-refractivity contribution in [3.8, 4) is 22.3 Å². The molecule has 3 aliphatic carbocycles. The number of hydrogen-bond acceptors (Lipinski definition) is 3. The summed E-state index contributed by atoms with van der Waals surface area (Å²) in [5.41, 5.74) is 16.9. The lowest BCUT2D eigenvalue weighted by Gasteiger charge is -2.34. The highest BCUT2D eigenvalue weighted by molar-refractivity contribution is 6.17. The first-order valence-corrected chi connectivity index (χ1v) is 20.5. The number of rotatable bonds is 6. The summed E-state index contributed by atoms with van der Waals surface area (Å²) in [5.74, 6) is 0.849. The molecule has 0 spiro atoms. The summed E-state index contributed by atoms with van der Waals surface area (Å²) < 4.78 is 6.31. The highest BCUT2D eigenvalue weighted by Crippen LogP contribution is 2.57. The molecule has 3 nitrogen and oxygen atoms in total. The second-order valence-corrected chi connectivity index (χ2v) is 15.9. The van der Waals surface area contributed by atoms with E-state index in [0.717, 1.165) is 81.2 Å². The fraction of sp³-hybridized carbons (Fsp3) is 0.127. The highest BCUT2D eigenvalue weighted by atomic mass is 16.3. The maximum atomic E-state index is 6.31. The molecule has 6 aromatic carbocycles. The molecule has 0 saturated carbocycles. The number of furan rings is 1. The van der Waals surface area contributed by atoms with E-state index < -0.39 is 5.41 Å². The molecule has 0 saturated heterocycles. The average Bonchev–Trinajstić information content (AvgIpc) is 3.74. The second-order valence-electron chi connectivity index (χ2n) is 15.9. The number of aliphatic imine (C=N–C) groups is 2. The van der Waals surface area contributed by atoms with E-state index in [1.807, 2.05) is 6.07 Å². The van der Waals surface area contributed by atoms with Crippen molar-refractivity contribution in [2.24, 2.45) is 15.9 Å². The molecule has 3 heteroatoms. The topological polar surface area (TPSA) is 37.9 Å². The summed E-state index contributed by atoms with van der Waals surface area (Å²) in [7, 11) is 0. The molecule has 278 valence electrons. The van der Waals surface area contributed by atoms with E-state index in [2.05, 4.69) is 183 Å². The van der Waals surface area contributed by atoms with Gasteiger partial charge in [0, 0.05) is 34.2 Å². The minimum Gasteiger partial charge on any atom is -0.456 e. The predicted octanol–water partition coefficient (Wildman–Crippen LogP) is 11.9. The van der Waals surface area contributed by atoms with Gasteiger partial charge in [0.05, 0.1) is 11.1 Å². The van der Waals surface area contributed by atoms with Gasteiger partial charge in [0.2, 0.25) is 0 Å². The molecule has 0 radical (unpaired) electrons. The first-order chi connectivity index (χ1) is 28.7. The van der Waals surface area contributed by atoms with E-state index in [-0.39, 0.29) is 5.92 Å². The Balaban J connectivity index is 1.19. The third-order valence-corrected chi connectivity index (χ3v) is 12.6. The molecule has 1 atom stereocenters. The molecule has 58 heavy (non-hydrogen) atoms. The van der Waals surface area contributed by atoms with Gasteiger partial charge in [0.1, 0.15) is 11.0 Å². The minimum absolute atomic E-state index is 0.0810. The zero-order chi connectivity index (χ0) is 38.6. The van der Waals surface area contributed by atoms with E-state index in [1.54, 1.807) is 0 Å². The van der Waals surface area contributed by atoms with Gasteiger partial charge in [-0.2, -0.15) is 0 Å². The lowest BCUT2D eigenvalue weighted by molar-refractivity contribution is 0.568. The van der Waals surface area contributed by atoms with Gasteiger partial charge in [0.15, 0.2) is 5.84 Å². The van der Waals surface area contributed by atoms with Crippen LogP contribution >= 0.6 is 0 Å². The molecule has 7 aromatic rings. The van der Waals surface area contributed by atoms with Gasteiger partial charge in [0.25, 0.3) is 0 Å². The third kappa shape index (κ3) is 5.49. The number of amidine groups is 1. The normalized spacial score (nSPS) is 17.9. The lowest BCUT2D eigenvalue weighted by Crippen LogP contribution is -2.28. The Morgan fingerprint density at radius 2 is 1.36 bits per heavy atom. The summed E-state index contributed by atoms with van der Waals surface area (Å²) in [6.07, 6.45) is 14.9. The molecule has 1 unspecified atom stereocenters. The minimum atomic E-state index is -0.519. The molecule has 0 N–H and O–H groups in total. The fourth-order valence-electron chi connectivity index (χ4n) is 9.92. The molecule has 1 aliphatic heterocycles. The number of para-hydroxylation sites is 1. The van der Waals surface area contributed by atoms with E-state index in [1.165, 1.54) is 44.5 Å². The van der Waals surface area contributed by atoms with Crippen molar-refractivity contribution in [3.05, 3.63) is 225 Å². The molecule has 0 amide bonds. The number of benzene rings is 6.